The van der Waals surface area contributed by atoms with Crippen molar-refractivity contribution < 1.29 is 34.5 Å². The number of aliphatic carboxylic acids is 2. The molecule has 0 radical (unpaired) electrons. The van der Waals surface area contributed by atoms with Gasteiger partial charge < -0.3 is 32.1 Å². The largest absolute Gasteiger partial charge is 0.481 e. The third-order valence-corrected chi connectivity index (χ3v) is 3.78. The van der Waals surface area contributed by atoms with E-state index >= 15 is 0 Å². The van der Waals surface area contributed by atoms with Crippen molar-refractivity contribution in [2.75, 3.05) is 13.1 Å². The lowest BCUT2D eigenvalue weighted by Gasteiger charge is -2.09. The molecule has 8 N–H and O–H groups in total. The number of carbonyl (C=O) groups excluding carboxylic acids is 2. The fourth-order valence-electron chi connectivity index (χ4n) is 2.80. The highest BCUT2D eigenvalue weighted by Gasteiger charge is 2.67. The summed E-state index contributed by atoms with van der Waals surface area (Å²) in [5.74, 6) is -4.89. The number of primary amides is 1. The normalized spacial score (nSPS) is 31.3. The Morgan fingerprint density at radius 1 is 1.09 bits per heavy atom. The smallest absolute Gasteiger partial charge is 0.307 e. The number of carboxylic acids is 2. The van der Waals surface area contributed by atoms with E-state index in [0.717, 1.165) is 0 Å². The van der Waals surface area contributed by atoms with Crippen molar-refractivity contribution in [2.24, 2.45) is 35.1 Å². The molecule has 2 amide bonds. The summed E-state index contributed by atoms with van der Waals surface area (Å²) in [5, 5.41) is 28.9. The Bertz CT molecular complexity index is 481. The van der Waals surface area contributed by atoms with E-state index in [9.17, 15) is 24.3 Å². The minimum Gasteiger partial charge on any atom is -0.481 e. The van der Waals surface area contributed by atoms with Crippen LogP contribution in [0.25, 0.3) is 0 Å². The second kappa shape index (κ2) is 7.18. The summed E-state index contributed by atoms with van der Waals surface area (Å²) in [6.45, 7) is -0.261. The molecule has 2 saturated carbocycles. The minimum atomic E-state index is -0.990. The first-order valence-corrected chi connectivity index (χ1v) is 6.59. The van der Waals surface area contributed by atoms with Crippen LogP contribution in [0.5, 0.6) is 0 Å². The third-order valence-electron chi connectivity index (χ3n) is 3.78. The zero-order chi connectivity index (χ0) is 17.0. The number of carboxylic acid groups (broad SMARTS) is 2. The van der Waals surface area contributed by atoms with Gasteiger partial charge in [-0.05, 0) is 12.3 Å². The molecule has 2 rings (SSSR count). The highest BCUT2D eigenvalue weighted by atomic mass is 16.4. The molecule has 0 spiro atoms. The average molecular weight is 317 g/mol. The fraction of sp³-hybridized carbons (Fsp3) is 0.667. The second-order valence-corrected chi connectivity index (χ2v) is 5.21. The molecular formula is C12H19N3O7. The Hall–Kier alpha value is -2.20. The first-order chi connectivity index (χ1) is 10.2. The number of fused-ring (bicyclic) bond motifs is 1. The predicted molar refractivity (Wildman–Crippen MR) is 71.1 cm³/mol. The summed E-state index contributed by atoms with van der Waals surface area (Å²) in [7, 11) is 0. The number of hydrogen-bond acceptors (Lipinski definition) is 6. The zero-order valence-corrected chi connectivity index (χ0v) is 11.6. The van der Waals surface area contributed by atoms with Crippen LogP contribution < -0.4 is 16.8 Å². The van der Waals surface area contributed by atoms with Gasteiger partial charge in [0.1, 0.15) is 0 Å². The van der Waals surface area contributed by atoms with Gasteiger partial charge in [0.2, 0.25) is 11.8 Å². The molecule has 0 saturated heterocycles. The van der Waals surface area contributed by atoms with Crippen molar-refractivity contribution in [3.8, 4) is 0 Å². The number of nitrogens with one attached hydrogen (secondary N) is 1. The number of aliphatic hydroxyl groups is 1. The molecule has 0 aromatic rings. The lowest BCUT2D eigenvalue weighted by Crippen LogP contribution is -2.36. The Labute approximate surface area is 125 Å². The Morgan fingerprint density at radius 3 is 2.05 bits per heavy atom. The molecule has 2 fully saturated rings. The molecular weight excluding hydrogens is 298 g/mol. The van der Waals surface area contributed by atoms with Gasteiger partial charge in [-0.1, -0.05) is 0 Å². The molecule has 22 heavy (non-hydrogen) atoms. The second-order valence-electron chi connectivity index (χ2n) is 5.21. The van der Waals surface area contributed by atoms with Crippen LogP contribution in [0.3, 0.4) is 0 Å². The summed E-state index contributed by atoms with van der Waals surface area (Å²) >= 11 is 0. The summed E-state index contributed by atoms with van der Waals surface area (Å²) in [5.41, 5.74) is 9.60. The van der Waals surface area contributed by atoms with E-state index in [2.05, 4.69) is 5.32 Å². The molecule has 0 aromatic heterocycles. The maximum atomic E-state index is 10.6. The van der Waals surface area contributed by atoms with Gasteiger partial charge in [-0.3, -0.25) is 19.2 Å². The summed E-state index contributed by atoms with van der Waals surface area (Å²) in [4.78, 5) is 41.5. The lowest BCUT2D eigenvalue weighted by molar-refractivity contribution is -0.144. The topological polar surface area (TPSA) is 193 Å². The van der Waals surface area contributed by atoms with Crippen molar-refractivity contribution in [3.05, 3.63) is 0 Å². The first-order valence-electron chi connectivity index (χ1n) is 6.59. The van der Waals surface area contributed by atoms with E-state index in [1.54, 1.807) is 0 Å². The third kappa shape index (κ3) is 4.15. The van der Waals surface area contributed by atoms with Gasteiger partial charge in [0, 0.05) is 5.92 Å². The van der Waals surface area contributed by atoms with Crippen LogP contribution in [0, 0.1) is 23.7 Å². The van der Waals surface area contributed by atoms with E-state index in [0.29, 0.717) is 0 Å². The molecule has 0 heterocycles. The Kier molecular flexibility index (Phi) is 5.83. The first kappa shape index (κ1) is 17.9. The van der Waals surface area contributed by atoms with E-state index in [4.69, 9.17) is 21.7 Å². The SMILES string of the molecule is NCC(=O)NCC(N)=O.O=C(O)C1CC(O)C2C(C(=O)O)C12. The number of hydrogen-bond donors (Lipinski definition) is 6. The van der Waals surface area contributed by atoms with Gasteiger partial charge in [0.15, 0.2) is 0 Å². The number of amides is 2. The van der Waals surface area contributed by atoms with Crippen LogP contribution in [0.4, 0.5) is 0 Å². The molecule has 0 aliphatic heterocycles. The minimum absolute atomic E-state index is 0.118. The number of carbonyl (C=O) groups is 4. The molecule has 2 aliphatic carbocycles. The Morgan fingerprint density at radius 2 is 1.68 bits per heavy atom. The molecule has 10 heteroatoms. The van der Waals surface area contributed by atoms with Crippen LogP contribution in [-0.4, -0.2) is 58.3 Å². The van der Waals surface area contributed by atoms with Crippen molar-refractivity contribution >= 4 is 23.8 Å². The monoisotopic (exact) mass is 317 g/mol. The highest BCUT2D eigenvalue weighted by molar-refractivity contribution is 5.84. The Balaban J connectivity index is 0.000000239. The molecule has 5 atom stereocenters. The highest BCUT2D eigenvalue weighted by Crippen LogP contribution is 2.60. The van der Waals surface area contributed by atoms with Gasteiger partial charge in [-0.2, -0.15) is 0 Å². The van der Waals surface area contributed by atoms with Gasteiger partial charge in [-0.15, -0.1) is 0 Å². The van der Waals surface area contributed by atoms with Gasteiger partial charge in [0.25, 0.3) is 0 Å². The van der Waals surface area contributed by atoms with Crippen molar-refractivity contribution in [1.82, 2.24) is 5.32 Å². The maximum Gasteiger partial charge on any atom is 0.307 e. The maximum absolute atomic E-state index is 10.6. The molecule has 124 valence electrons. The zero-order valence-electron chi connectivity index (χ0n) is 11.6. The van der Waals surface area contributed by atoms with Crippen molar-refractivity contribution in [1.29, 1.82) is 0 Å². The molecule has 0 aromatic carbocycles. The van der Waals surface area contributed by atoms with Gasteiger partial charge in [-0.25, -0.2) is 0 Å². The fourth-order valence-corrected chi connectivity index (χ4v) is 2.80. The summed E-state index contributed by atoms with van der Waals surface area (Å²) in [6.07, 6.45) is -0.541. The van der Waals surface area contributed by atoms with Gasteiger partial charge >= 0.3 is 11.9 Å². The molecule has 10 nitrogen and oxygen atoms in total. The summed E-state index contributed by atoms with van der Waals surface area (Å²) in [6, 6.07) is 0. The van der Waals surface area contributed by atoms with Crippen LogP contribution >= 0.6 is 0 Å². The predicted octanol–water partition coefficient (Wildman–Crippen LogP) is -3.05. The summed E-state index contributed by atoms with van der Waals surface area (Å²) < 4.78 is 0. The lowest BCUT2D eigenvalue weighted by atomic mass is 9.99. The number of aliphatic hydroxyl groups excluding tert-OH is 1. The van der Waals surface area contributed by atoms with E-state index < -0.39 is 35.8 Å². The van der Waals surface area contributed by atoms with E-state index in [1.165, 1.54) is 0 Å². The number of rotatable bonds is 5. The van der Waals surface area contributed by atoms with E-state index in [1.807, 2.05) is 0 Å². The standard InChI is InChI=1S/C8H10O5.C4H9N3O2/c9-3-1-2(7(10)11)4-5(3)6(4)8(12)13;5-1-4(9)7-2-3(6)8/h2-6,9H,1H2,(H,10,11)(H,12,13);1-2,5H2,(H2,6,8)(H,7,9). The van der Waals surface area contributed by atoms with Crippen LogP contribution in [0.2, 0.25) is 0 Å². The van der Waals surface area contributed by atoms with Crippen molar-refractivity contribution in [3.63, 3.8) is 0 Å². The van der Waals surface area contributed by atoms with Crippen molar-refractivity contribution in [2.45, 2.75) is 12.5 Å². The van der Waals surface area contributed by atoms with Crippen LogP contribution in [0.1, 0.15) is 6.42 Å². The van der Waals surface area contributed by atoms with Gasteiger partial charge in [0.05, 0.1) is 31.0 Å². The quantitative estimate of drug-likeness (QED) is 0.307. The van der Waals surface area contributed by atoms with Crippen LogP contribution in [-0.2, 0) is 19.2 Å². The molecule has 0 bridgehead atoms. The average Bonchev–Trinajstić information content (AvgIpc) is 3.09. The van der Waals surface area contributed by atoms with Crippen LogP contribution in [0.15, 0.2) is 0 Å². The van der Waals surface area contributed by atoms with E-state index in [-0.39, 0.29) is 37.3 Å². The molecule has 2 aliphatic rings. The number of nitrogens with two attached hydrogens (primary N) is 2. The molecule has 5 unspecified atom stereocenters.